The number of aryl methyl sites for hydroxylation is 1. The van der Waals surface area contributed by atoms with Crippen molar-refractivity contribution in [1.29, 1.82) is 0 Å². The molecule has 1 aromatic heterocycles. The van der Waals surface area contributed by atoms with Crippen molar-refractivity contribution in [2.75, 3.05) is 0 Å². The summed E-state index contributed by atoms with van der Waals surface area (Å²) in [4.78, 5) is 12.1. The minimum absolute atomic E-state index is 0.255. The highest BCUT2D eigenvalue weighted by molar-refractivity contribution is 9.10. The lowest BCUT2D eigenvalue weighted by atomic mass is 10.2. The fourth-order valence-electron chi connectivity index (χ4n) is 2.48. The Labute approximate surface area is 154 Å². The van der Waals surface area contributed by atoms with E-state index in [4.69, 9.17) is 0 Å². The number of amides is 1. The van der Waals surface area contributed by atoms with E-state index in [2.05, 4.69) is 31.6 Å². The molecule has 0 radical (unpaired) electrons. The maximum atomic E-state index is 12.1. The number of para-hydroxylation sites is 1. The Morgan fingerprint density at radius 2 is 1.80 bits per heavy atom. The van der Waals surface area contributed by atoms with Gasteiger partial charge in [0.2, 0.25) is 0 Å². The predicted octanol–water partition coefficient (Wildman–Crippen LogP) is 4.02. The van der Waals surface area contributed by atoms with Gasteiger partial charge in [-0.05, 0) is 50.2 Å². The maximum absolute atomic E-state index is 12.1. The number of nitrogens with zero attached hydrogens (tertiary/aromatic N) is 3. The van der Waals surface area contributed by atoms with E-state index in [1.165, 1.54) is 0 Å². The summed E-state index contributed by atoms with van der Waals surface area (Å²) >= 11 is 3.34. The zero-order chi connectivity index (χ0) is 17.8. The second kappa shape index (κ2) is 7.44. The molecule has 25 heavy (non-hydrogen) atoms. The highest BCUT2D eigenvalue weighted by Gasteiger charge is 2.11. The summed E-state index contributed by atoms with van der Waals surface area (Å²) in [5.74, 6) is -0.255. The van der Waals surface area contributed by atoms with Gasteiger partial charge in [-0.3, -0.25) is 4.79 Å². The molecule has 1 amide bonds. The zero-order valence-corrected chi connectivity index (χ0v) is 15.5. The number of carbonyl (C=O) groups excluding carboxylic acids is 1. The molecule has 0 spiro atoms. The molecule has 0 aliphatic heterocycles. The SMILES string of the molecule is Cc1nn(-c2ccccc2)c(C)c1/C=N\NC(=O)c1ccc(Br)cc1. The van der Waals surface area contributed by atoms with E-state index in [9.17, 15) is 4.79 Å². The minimum Gasteiger partial charge on any atom is -0.267 e. The minimum atomic E-state index is -0.255. The molecular weight excluding hydrogens is 380 g/mol. The number of aromatic nitrogens is 2. The van der Waals surface area contributed by atoms with Gasteiger partial charge in [0.15, 0.2) is 0 Å². The summed E-state index contributed by atoms with van der Waals surface area (Å²) in [6.07, 6.45) is 1.63. The number of hydrogen-bond acceptors (Lipinski definition) is 3. The van der Waals surface area contributed by atoms with E-state index in [1.54, 1.807) is 18.3 Å². The number of benzene rings is 2. The molecule has 1 N–H and O–H groups in total. The standard InChI is InChI=1S/C19H17BrN4O/c1-13-18(14(2)24(23-13)17-6-4-3-5-7-17)12-21-22-19(25)15-8-10-16(20)11-9-15/h3-12H,1-2H3,(H,22,25)/b21-12-. The molecule has 0 fully saturated rings. The first-order valence-electron chi connectivity index (χ1n) is 7.77. The summed E-state index contributed by atoms with van der Waals surface area (Å²) in [7, 11) is 0. The van der Waals surface area contributed by atoms with Crippen molar-refractivity contribution in [1.82, 2.24) is 15.2 Å². The molecule has 3 rings (SSSR count). The second-order valence-electron chi connectivity index (χ2n) is 5.54. The molecule has 0 aliphatic carbocycles. The molecular formula is C19H17BrN4O. The molecule has 6 heteroatoms. The number of rotatable bonds is 4. The van der Waals surface area contributed by atoms with Gasteiger partial charge in [-0.15, -0.1) is 0 Å². The van der Waals surface area contributed by atoms with Crippen LogP contribution in [0, 0.1) is 13.8 Å². The summed E-state index contributed by atoms with van der Waals surface area (Å²) in [6.45, 7) is 3.90. The van der Waals surface area contributed by atoms with Crippen LogP contribution >= 0.6 is 15.9 Å². The smallest absolute Gasteiger partial charge is 0.267 e. The van der Waals surface area contributed by atoms with Gasteiger partial charge in [-0.2, -0.15) is 10.2 Å². The van der Waals surface area contributed by atoms with Gasteiger partial charge in [-0.1, -0.05) is 34.1 Å². The molecule has 0 bridgehead atoms. The topological polar surface area (TPSA) is 59.3 Å². The van der Waals surface area contributed by atoms with Crippen molar-refractivity contribution < 1.29 is 4.79 Å². The van der Waals surface area contributed by atoms with E-state index in [1.807, 2.05) is 61.0 Å². The van der Waals surface area contributed by atoms with Gasteiger partial charge in [0.05, 0.1) is 23.3 Å². The Kier molecular flexibility index (Phi) is 5.09. The third-order valence-corrected chi connectivity index (χ3v) is 4.34. The number of nitrogens with one attached hydrogen (secondary N) is 1. The normalized spacial score (nSPS) is 11.0. The summed E-state index contributed by atoms with van der Waals surface area (Å²) in [5.41, 5.74) is 6.79. The molecule has 0 aliphatic rings. The quantitative estimate of drug-likeness (QED) is 0.534. The highest BCUT2D eigenvalue weighted by atomic mass is 79.9. The average Bonchev–Trinajstić information content (AvgIpc) is 2.91. The van der Waals surface area contributed by atoms with E-state index < -0.39 is 0 Å². The predicted molar refractivity (Wildman–Crippen MR) is 102 cm³/mol. The van der Waals surface area contributed by atoms with Gasteiger partial charge in [-0.25, -0.2) is 10.1 Å². The first-order chi connectivity index (χ1) is 12.1. The van der Waals surface area contributed by atoms with Crippen LogP contribution in [0.4, 0.5) is 0 Å². The van der Waals surface area contributed by atoms with E-state index in [-0.39, 0.29) is 5.91 Å². The van der Waals surface area contributed by atoms with Gasteiger partial charge < -0.3 is 0 Å². The van der Waals surface area contributed by atoms with Gasteiger partial charge in [0.25, 0.3) is 5.91 Å². The van der Waals surface area contributed by atoms with Crippen LogP contribution in [0.25, 0.3) is 5.69 Å². The van der Waals surface area contributed by atoms with Crippen LogP contribution in [-0.2, 0) is 0 Å². The fraction of sp³-hybridized carbons (Fsp3) is 0.105. The monoisotopic (exact) mass is 396 g/mol. The van der Waals surface area contributed by atoms with Crippen LogP contribution in [0.2, 0.25) is 0 Å². The highest BCUT2D eigenvalue weighted by Crippen LogP contribution is 2.16. The van der Waals surface area contributed by atoms with Crippen molar-refractivity contribution in [3.05, 3.63) is 81.6 Å². The van der Waals surface area contributed by atoms with Crippen LogP contribution in [-0.4, -0.2) is 21.9 Å². The largest absolute Gasteiger partial charge is 0.271 e. The Morgan fingerprint density at radius 3 is 2.48 bits per heavy atom. The van der Waals surface area contributed by atoms with Crippen molar-refractivity contribution >= 4 is 28.1 Å². The Balaban J connectivity index is 1.77. The van der Waals surface area contributed by atoms with E-state index in [0.717, 1.165) is 27.1 Å². The van der Waals surface area contributed by atoms with Crippen LogP contribution in [0.3, 0.4) is 0 Å². The van der Waals surface area contributed by atoms with Crippen LogP contribution < -0.4 is 5.43 Å². The molecule has 0 saturated heterocycles. The number of halogens is 1. The van der Waals surface area contributed by atoms with Crippen molar-refractivity contribution in [3.63, 3.8) is 0 Å². The van der Waals surface area contributed by atoms with Crippen LogP contribution in [0.5, 0.6) is 0 Å². The number of carbonyl (C=O) groups is 1. The zero-order valence-electron chi connectivity index (χ0n) is 13.9. The average molecular weight is 397 g/mol. The first kappa shape index (κ1) is 17.1. The molecule has 2 aromatic carbocycles. The number of hydrogen-bond donors (Lipinski definition) is 1. The summed E-state index contributed by atoms with van der Waals surface area (Å²) in [5, 5.41) is 8.63. The van der Waals surface area contributed by atoms with Crippen molar-refractivity contribution in [2.24, 2.45) is 5.10 Å². The van der Waals surface area contributed by atoms with Gasteiger partial charge in [0, 0.05) is 15.6 Å². The van der Waals surface area contributed by atoms with E-state index >= 15 is 0 Å². The molecule has 0 unspecified atom stereocenters. The van der Waals surface area contributed by atoms with Gasteiger partial charge >= 0.3 is 0 Å². The van der Waals surface area contributed by atoms with Crippen LogP contribution in [0.1, 0.15) is 27.3 Å². The second-order valence-corrected chi connectivity index (χ2v) is 6.45. The summed E-state index contributed by atoms with van der Waals surface area (Å²) < 4.78 is 2.79. The molecule has 126 valence electrons. The lowest BCUT2D eigenvalue weighted by molar-refractivity contribution is 0.0955. The lowest BCUT2D eigenvalue weighted by Crippen LogP contribution is -2.17. The van der Waals surface area contributed by atoms with Crippen LogP contribution in [0.15, 0.2) is 64.2 Å². The molecule has 5 nitrogen and oxygen atoms in total. The Morgan fingerprint density at radius 1 is 1.12 bits per heavy atom. The molecule has 0 saturated carbocycles. The fourth-order valence-corrected chi connectivity index (χ4v) is 2.75. The third kappa shape index (κ3) is 3.85. The molecule has 0 atom stereocenters. The van der Waals surface area contributed by atoms with Crippen molar-refractivity contribution in [3.8, 4) is 5.69 Å². The third-order valence-electron chi connectivity index (χ3n) is 3.81. The Hall–Kier alpha value is -2.73. The lowest BCUT2D eigenvalue weighted by Gasteiger charge is -2.03. The molecule has 1 heterocycles. The van der Waals surface area contributed by atoms with Crippen molar-refractivity contribution in [2.45, 2.75) is 13.8 Å². The first-order valence-corrected chi connectivity index (χ1v) is 8.56. The molecule has 3 aromatic rings. The maximum Gasteiger partial charge on any atom is 0.271 e. The number of hydrazone groups is 1. The summed E-state index contributed by atoms with van der Waals surface area (Å²) in [6, 6.07) is 17.0. The van der Waals surface area contributed by atoms with Gasteiger partial charge in [0.1, 0.15) is 0 Å². The van der Waals surface area contributed by atoms with E-state index in [0.29, 0.717) is 5.56 Å². The Bertz CT molecular complexity index is 915.